The van der Waals surface area contributed by atoms with Crippen molar-refractivity contribution in [2.45, 2.75) is 4.21 Å². The number of carbonyl (C=O) groups excluding carboxylic acids is 1. The van der Waals surface area contributed by atoms with E-state index in [0.29, 0.717) is 5.75 Å². The highest BCUT2D eigenvalue weighted by molar-refractivity contribution is 8.00. The fraction of sp³-hybridized carbons (Fsp3) is 0.167. The van der Waals surface area contributed by atoms with Crippen molar-refractivity contribution in [3.8, 4) is 21.9 Å². The molecule has 140 valence electrons. The Hall–Kier alpha value is -2.36. The molecule has 0 aliphatic heterocycles. The average molecular weight is 421 g/mol. The molecule has 27 heavy (non-hydrogen) atoms. The smallest absolute Gasteiger partial charge is 0.343 e. The van der Waals surface area contributed by atoms with Crippen LogP contribution in [0.3, 0.4) is 0 Å². The maximum atomic E-state index is 11.2. The minimum atomic E-state index is -0.427. The third kappa shape index (κ3) is 4.49. The molecule has 0 fully saturated rings. The molecule has 3 rings (SSSR count). The van der Waals surface area contributed by atoms with Crippen LogP contribution >= 0.6 is 33.8 Å². The number of nitrogens with two attached hydrogens (primary N) is 1. The Kier molecular flexibility index (Phi) is 6.15. The largest absolute Gasteiger partial charge is 0.482 e. The standard InChI is InChI=1S/C18H18N3O3S3/c1-23-16(22)10-24-12-5-3-4-11(8-12)13-6-7-27(21-13)15-9-14(17(19)20)26-18(15)25-2/h3-9H,10H2,1-2H3,(H3,19,20)/q+1. The first-order valence-corrected chi connectivity index (χ1v) is 11.1. The van der Waals surface area contributed by atoms with Gasteiger partial charge in [0.15, 0.2) is 12.0 Å². The lowest BCUT2D eigenvalue weighted by atomic mass is 10.1. The van der Waals surface area contributed by atoms with E-state index in [2.05, 4.69) is 10.1 Å². The number of benzene rings is 1. The zero-order valence-electron chi connectivity index (χ0n) is 14.7. The van der Waals surface area contributed by atoms with Gasteiger partial charge in [0.25, 0.3) is 0 Å². The number of nitrogen functional groups attached to an aromatic ring is 1. The fourth-order valence-corrected chi connectivity index (χ4v) is 6.11. The van der Waals surface area contributed by atoms with E-state index in [1.165, 1.54) is 18.4 Å². The number of thiophene rings is 1. The van der Waals surface area contributed by atoms with Gasteiger partial charge in [-0.1, -0.05) is 12.1 Å². The number of amidine groups is 1. The van der Waals surface area contributed by atoms with Crippen LogP contribution in [0.15, 0.2) is 46.0 Å². The molecule has 0 aliphatic rings. The SMILES string of the molecule is COC(=O)COc1cccc(-c2cc[s+](-c3cc(C(=N)N)sc3SC)n2)c1. The number of rotatable bonds is 7. The number of aromatic nitrogens is 1. The van der Waals surface area contributed by atoms with Crippen molar-refractivity contribution < 1.29 is 14.3 Å². The highest BCUT2D eigenvalue weighted by atomic mass is 32.2. The van der Waals surface area contributed by atoms with Crippen LogP contribution in [0.4, 0.5) is 0 Å². The van der Waals surface area contributed by atoms with Crippen molar-refractivity contribution >= 4 is 45.6 Å². The summed E-state index contributed by atoms with van der Waals surface area (Å²) in [5, 5.41) is 9.71. The molecule has 3 aromatic rings. The minimum absolute atomic E-state index is 0.0768. The maximum absolute atomic E-state index is 11.2. The Bertz CT molecular complexity index is 981. The molecule has 0 bridgehead atoms. The summed E-state index contributed by atoms with van der Waals surface area (Å²) in [7, 11) is 0.908. The molecule has 0 spiro atoms. The van der Waals surface area contributed by atoms with Gasteiger partial charge in [0, 0.05) is 17.7 Å². The van der Waals surface area contributed by atoms with Crippen LogP contribution in [0.5, 0.6) is 5.75 Å². The van der Waals surface area contributed by atoms with Crippen LogP contribution in [0.2, 0.25) is 0 Å². The topological polar surface area (TPSA) is 98.3 Å². The Balaban J connectivity index is 1.86. The number of nitrogens with one attached hydrogen (secondary N) is 1. The van der Waals surface area contributed by atoms with Crippen molar-refractivity contribution in [3.05, 3.63) is 46.7 Å². The van der Waals surface area contributed by atoms with Crippen molar-refractivity contribution in [3.63, 3.8) is 0 Å². The molecule has 2 heterocycles. The molecular formula is C18H18N3O3S3+. The van der Waals surface area contributed by atoms with Crippen LogP contribution in [0.1, 0.15) is 4.88 Å². The predicted octanol–water partition coefficient (Wildman–Crippen LogP) is 4.11. The van der Waals surface area contributed by atoms with Crippen LogP contribution in [-0.4, -0.2) is 36.2 Å². The monoisotopic (exact) mass is 420 g/mol. The fourth-order valence-electron chi connectivity index (χ4n) is 2.29. The maximum Gasteiger partial charge on any atom is 0.343 e. The summed E-state index contributed by atoms with van der Waals surface area (Å²) in [5.74, 6) is 0.233. The number of ether oxygens (including phenoxy) is 2. The van der Waals surface area contributed by atoms with Gasteiger partial charge >= 0.3 is 5.97 Å². The second kappa shape index (κ2) is 8.55. The number of methoxy groups -OCH3 is 1. The first-order chi connectivity index (χ1) is 13.0. The summed E-state index contributed by atoms with van der Waals surface area (Å²) < 4.78 is 16.0. The van der Waals surface area contributed by atoms with Gasteiger partial charge in [0.05, 0.1) is 12.0 Å². The lowest BCUT2D eigenvalue weighted by Crippen LogP contribution is -2.12. The van der Waals surface area contributed by atoms with E-state index in [0.717, 1.165) is 25.2 Å². The second-order valence-electron chi connectivity index (χ2n) is 5.37. The lowest BCUT2D eigenvalue weighted by molar-refractivity contribution is -0.142. The molecule has 9 heteroatoms. The molecule has 6 nitrogen and oxygen atoms in total. The van der Waals surface area contributed by atoms with E-state index >= 15 is 0 Å². The zero-order chi connectivity index (χ0) is 19.4. The number of hydrogen-bond acceptors (Lipinski definition) is 7. The molecule has 0 radical (unpaired) electrons. The minimum Gasteiger partial charge on any atom is -0.482 e. The van der Waals surface area contributed by atoms with E-state index in [1.807, 2.05) is 36.6 Å². The molecule has 0 aliphatic carbocycles. The molecular weight excluding hydrogens is 402 g/mol. The average Bonchev–Trinajstić information content (AvgIpc) is 3.33. The van der Waals surface area contributed by atoms with Gasteiger partial charge in [-0.15, -0.1) is 23.1 Å². The van der Waals surface area contributed by atoms with Gasteiger partial charge in [-0.3, -0.25) is 5.41 Å². The van der Waals surface area contributed by atoms with Gasteiger partial charge in [-0.25, -0.2) is 4.79 Å². The van der Waals surface area contributed by atoms with Crippen LogP contribution in [0.25, 0.3) is 16.2 Å². The van der Waals surface area contributed by atoms with Crippen molar-refractivity contribution in [2.24, 2.45) is 5.73 Å². The highest BCUT2D eigenvalue weighted by Crippen LogP contribution is 2.43. The van der Waals surface area contributed by atoms with E-state index in [9.17, 15) is 4.79 Å². The van der Waals surface area contributed by atoms with E-state index in [1.54, 1.807) is 17.8 Å². The van der Waals surface area contributed by atoms with Crippen molar-refractivity contribution in [2.75, 3.05) is 20.0 Å². The molecule has 2 aromatic heterocycles. The Morgan fingerprint density at radius 1 is 1.37 bits per heavy atom. The summed E-state index contributed by atoms with van der Waals surface area (Å²) >= 11 is 3.16. The van der Waals surface area contributed by atoms with Gasteiger partial charge in [0.2, 0.25) is 4.90 Å². The summed E-state index contributed by atoms with van der Waals surface area (Å²) in [5.41, 5.74) is 7.40. The number of thioether (sulfide) groups is 1. The van der Waals surface area contributed by atoms with E-state index in [-0.39, 0.29) is 12.4 Å². The molecule has 1 unspecified atom stereocenters. The third-order valence-corrected chi connectivity index (χ3v) is 7.73. The van der Waals surface area contributed by atoms with Crippen LogP contribution in [-0.2, 0) is 9.53 Å². The molecule has 3 N–H and O–H groups in total. The van der Waals surface area contributed by atoms with Gasteiger partial charge in [-0.05, 0) is 22.8 Å². The normalized spacial score (nSPS) is 11.3. The summed E-state index contributed by atoms with van der Waals surface area (Å²) in [6.45, 7) is -0.132. The molecule has 0 saturated carbocycles. The Morgan fingerprint density at radius 3 is 2.89 bits per heavy atom. The van der Waals surface area contributed by atoms with Crippen LogP contribution in [0, 0.1) is 5.41 Å². The number of esters is 1. The van der Waals surface area contributed by atoms with Crippen molar-refractivity contribution in [1.82, 2.24) is 4.37 Å². The quantitative estimate of drug-likeness (QED) is 0.196. The molecule has 0 amide bonds. The second-order valence-corrected chi connectivity index (χ2v) is 9.02. The van der Waals surface area contributed by atoms with Crippen LogP contribution < -0.4 is 10.5 Å². The molecule has 1 aromatic carbocycles. The third-order valence-electron chi connectivity index (χ3n) is 3.61. The summed E-state index contributed by atoms with van der Waals surface area (Å²) in [6, 6.07) is 11.4. The highest BCUT2D eigenvalue weighted by Gasteiger charge is 2.23. The van der Waals surface area contributed by atoms with Gasteiger partial charge < -0.3 is 15.2 Å². The van der Waals surface area contributed by atoms with Crippen molar-refractivity contribution in [1.29, 1.82) is 5.41 Å². The lowest BCUT2D eigenvalue weighted by Gasteiger charge is -2.05. The van der Waals surface area contributed by atoms with E-state index in [4.69, 9.17) is 20.3 Å². The summed E-state index contributed by atoms with van der Waals surface area (Å²) in [6.07, 6.45) is 2.01. The summed E-state index contributed by atoms with van der Waals surface area (Å²) in [4.78, 5) is 13.1. The first-order valence-electron chi connectivity index (χ1n) is 7.84. The molecule has 0 saturated heterocycles. The predicted molar refractivity (Wildman–Crippen MR) is 112 cm³/mol. The van der Waals surface area contributed by atoms with E-state index < -0.39 is 16.6 Å². The zero-order valence-corrected chi connectivity index (χ0v) is 17.2. The Morgan fingerprint density at radius 2 is 2.19 bits per heavy atom. The Labute approximate surface area is 168 Å². The number of hydrogen-bond donors (Lipinski definition) is 2. The number of carbonyl (C=O) groups is 1. The van der Waals surface area contributed by atoms with Gasteiger partial charge in [0.1, 0.15) is 32.2 Å². The number of nitrogens with zero attached hydrogens (tertiary/aromatic N) is 1. The molecule has 1 atom stereocenters. The van der Waals surface area contributed by atoms with Gasteiger partial charge in [-0.2, -0.15) is 0 Å². The first kappa shape index (κ1) is 19.4.